The number of nitrogens with two attached hydrogens (primary N) is 1. The lowest BCUT2D eigenvalue weighted by atomic mass is 10.0. The standard InChI is InChI=1S/C17H16N4O2/c1-12-19-17(21(22)23)11-20(12)10-13-6-8-14(9-7-13)15-4-2-3-5-16(15)18/h2-9,11H,10,18H2,1H3. The maximum atomic E-state index is 10.8. The minimum Gasteiger partial charge on any atom is -0.398 e. The molecule has 1 aromatic heterocycles. The van der Waals surface area contributed by atoms with Gasteiger partial charge in [0.2, 0.25) is 5.82 Å². The Morgan fingerprint density at radius 1 is 1.17 bits per heavy atom. The van der Waals surface area contributed by atoms with E-state index >= 15 is 0 Å². The molecule has 0 saturated carbocycles. The van der Waals surface area contributed by atoms with Gasteiger partial charge in [-0.1, -0.05) is 42.5 Å². The third-order valence-electron chi connectivity index (χ3n) is 3.73. The molecule has 0 atom stereocenters. The molecule has 2 aromatic carbocycles. The van der Waals surface area contributed by atoms with E-state index < -0.39 is 4.92 Å². The Morgan fingerprint density at radius 2 is 1.87 bits per heavy atom. The molecule has 0 bridgehead atoms. The van der Waals surface area contributed by atoms with Gasteiger partial charge in [-0.05, 0) is 27.1 Å². The minimum atomic E-state index is -0.481. The first-order valence-corrected chi connectivity index (χ1v) is 7.16. The summed E-state index contributed by atoms with van der Waals surface area (Å²) >= 11 is 0. The third kappa shape index (κ3) is 3.06. The number of hydrogen-bond acceptors (Lipinski definition) is 4. The van der Waals surface area contributed by atoms with E-state index in [4.69, 9.17) is 5.73 Å². The summed E-state index contributed by atoms with van der Waals surface area (Å²) in [6.07, 6.45) is 1.46. The van der Waals surface area contributed by atoms with Gasteiger partial charge in [0.25, 0.3) is 0 Å². The summed E-state index contributed by atoms with van der Waals surface area (Å²) in [5, 5.41) is 10.8. The lowest BCUT2D eigenvalue weighted by Crippen LogP contribution is -2.00. The number of aryl methyl sites for hydroxylation is 1. The number of nitro groups is 1. The Bertz CT molecular complexity index is 853. The van der Waals surface area contributed by atoms with Crippen molar-refractivity contribution in [3.8, 4) is 11.1 Å². The van der Waals surface area contributed by atoms with Gasteiger partial charge in [-0.25, -0.2) is 0 Å². The van der Waals surface area contributed by atoms with Gasteiger partial charge < -0.3 is 20.4 Å². The Morgan fingerprint density at radius 3 is 2.48 bits per heavy atom. The van der Waals surface area contributed by atoms with Crippen LogP contribution in [0, 0.1) is 17.0 Å². The van der Waals surface area contributed by atoms with Crippen molar-refractivity contribution >= 4 is 11.5 Å². The van der Waals surface area contributed by atoms with Crippen LogP contribution in [-0.2, 0) is 6.54 Å². The molecular formula is C17H16N4O2. The Kier molecular flexibility index (Phi) is 3.80. The van der Waals surface area contributed by atoms with Crippen molar-refractivity contribution in [3.05, 3.63) is 76.2 Å². The predicted molar refractivity (Wildman–Crippen MR) is 89.0 cm³/mol. The first-order chi connectivity index (χ1) is 11.0. The van der Waals surface area contributed by atoms with Crippen molar-refractivity contribution in [2.75, 3.05) is 5.73 Å². The van der Waals surface area contributed by atoms with Gasteiger partial charge in [-0.3, -0.25) is 0 Å². The highest BCUT2D eigenvalue weighted by Gasteiger charge is 2.15. The van der Waals surface area contributed by atoms with Crippen molar-refractivity contribution in [1.82, 2.24) is 9.55 Å². The number of nitrogen functional groups attached to an aromatic ring is 1. The van der Waals surface area contributed by atoms with E-state index in [1.807, 2.05) is 48.5 Å². The van der Waals surface area contributed by atoms with Crippen LogP contribution in [-0.4, -0.2) is 14.5 Å². The highest BCUT2D eigenvalue weighted by molar-refractivity contribution is 5.76. The van der Waals surface area contributed by atoms with E-state index in [0.29, 0.717) is 12.4 Å². The molecule has 0 aliphatic rings. The van der Waals surface area contributed by atoms with Crippen LogP contribution < -0.4 is 5.73 Å². The van der Waals surface area contributed by atoms with Crippen LogP contribution in [0.1, 0.15) is 11.4 Å². The van der Waals surface area contributed by atoms with Crippen LogP contribution in [0.15, 0.2) is 54.7 Å². The summed E-state index contributed by atoms with van der Waals surface area (Å²) in [6.45, 7) is 2.29. The minimum absolute atomic E-state index is 0.129. The molecule has 3 rings (SSSR count). The van der Waals surface area contributed by atoms with Gasteiger partial charge in [0.15, 0.2) is 0 Å². The van der Waals surface area contributed by atoms with E-state index in [2.05, 4.69) is 4.98 Å². The number of hydrogen-bond donors (Lipinski definition) is 1. The fourth-order valence-corrected chi connectivity index (χ4v) is 2.49. The van der Waals surface area contributed by atoms with Crippen LogP contribution in [0.3, 0.4) is 0 Å². The summed E-state index contributed by atoms with van der Waals surface area (Å²) in [5.41, 5.74) is 9.80. The van der Waals surface area contributed by atoms with E-state index in [1.54, 1.807) is 11.5 Å². The van der Waals surface area contributed by atoms with Crippen molar-refractivity contribution in [3.63, 3.8) is 0 Å². The summed E-state index contributed by atoms with van der Waals surface area (Å²) in [6, 6.07) is 15.7. The number of para-hydroxylation sites is 1. The first kappa shape index (κ1) is 14.8. The van der Waals surface area contributed by atoms with Crippen LogP contribution in [0.5, 0.6) is 0 Å². The third-order valence-corrected chi connectivity index (χ3v) is 3.73. The van der Waals surface area contributed by atoms with Gasteiger partial charge in [0, 0.05) is 18.2 Å². The molecule has 0 amide bonds. The quantitative estimate of drug-likeness (QED) is 0.454. The van der Waals surface area contributed by atoms with Crippen molar-refractivity contribution in [2.45, 2.75) is 13.5 Å². The number of benzene rings is 2. The lowest BCUT2D eigenvalue weighted by molar-refractivity contribution is -0.389. The summed E-state index contributed by atoms with van der Waals surface area (Å²) in [4.78, 5) is 14.2. The normalized spacial score (nSPS) is 10.7. The Labute approximate surface area is 133 Å². The van der Waals surface area contributed by atoms with Crippen LogP contribution in [0.4, 0.5) is 11.5 Å². The Hall–Kier alpha value is -3.15. The smallest absolute Gasteiger partial charge is 0.381 e. The molecule has 0 aliphatic heterocycles. The average molecular weight is 308 g/mol. The molecule has 0 spiro atoms. The summed E-state index contributed by atoms with van der Waals surface area (Å²) < 4.78 is 1.77. The van der Waals surface area contributed by atoms with Gasteiger partial charge >= 0.3 is 5.82 Å². The fraction of sp³-hybridized carbons (Fsp3) is 0.118. The molecule has 23 heavy (non-hydrogen) atoms. The van der Waals surface area contributed by atoms with Gasteiger partial charge in [-0.2, -0.15) is 0 Å². The number of aromatic nitrogens is 2. The second-order valence-corrected chi connectivity index (χ2v) is 5.32. The van der Waals surface area contributed by atoms with Gasteiger partial charge in [0.1, 0.15) is 6.20 Å². The number of nitrogens with zero attached hydrogens (tertiary/aromatic N) is 3. The topological polar surface area (TPSA) is 87.0 Å². The maximum absolute atomic E-state index is 10.8. The second-order valence-electron chi connectivity index (χ2n) is 5.32. The molecule has 3 aromatic rings. The largest absolute Gasteiger partial charge is 0.398 e. The second kappa shape index (κ2) is 5.92. The summed E-state index contributed by atoms with van der Waals surface area (Å²) in [7, 11) is 0. The lowest BCUT2D eigenvalue weighted by Gasteiger charge is -2.07. The maximum Gasteiger partial charge on any atom is 0.381 e. The molecule has 0 unspecified atom stereocenters. The van der Waals surface area contributed by atoms with Crippen LogP contribution >= 0.6 is 0 Å². The molecule has 0 fully saturated rings. The van der Waals surface area contributed by atoms with Crippen LogP contribution in [0.2, 0.25) is 0 Å². The average Bonchev–Trinajstić information content (AvgIpc) is 2.90. The van der Waals surface area contributed by atoms with Crippen molar-refractivity contribution in [2.24, 2.45) is 0 Å². The molecule has 0 saturated heterocycles. The van der Waals surface area contributed by atoms with E-state index in [9.17, 15) is 10.1 Å². The molecule has 2 N–H and O–H groups in total. The Balaban J connectivity index is 1.83. The van der Waals surface area contributed by atoms with Crippen LogP contribution in [0.25, 0.3) is 11.1 Å². The van der Waals surface area contributed by atoms with Gasteiger partial charge in [0.05, 0.1) is 6.54 Å². The van der Waals surface area contributed by atoms with E-state index in [-0.39, 0.29) is 5.82 Å². The molecule has 0 radical (unpaired) electrons. The monoisotopic (exact) mass is 308 g/mol. The van der Waals surface area contributed by atoms with Crippen molar-refractivity contribution < 1.29 is 4.92 Å². The SMILES string of the molecule is Cc1nc([N+](=O)[O-])cn1Cc1ccc(-c2ccccc2N)cc1. The van der Waals surface area contributed by atoms with Crippen molar-refractivity contribution in [1.29, 1.82) is 0 Å². The van der Waals surface area contributed by atoms with Gasteiger partial charge in [-0.15, -0.1) is 0 Å². The number of rotatable bonds is 4. The molecule has 6 nitrogen and oxygen atoms in total. The zero-order valence-corrected chi connectivity index (χ0v) is 12.6. The fourth-order valence-electron chi connectivity index (χ4n) is 2.49. The highest BCUT2D eigenvalue weighted by atomic mass is 16.6. The molecule has 116 valence electrons. The van der Waals surface area contributed by atoms with E-state index in [0.717, 1.165) is 22.4 Å². The predicted octanol–water partition coefficient (Wildman–Crippen LogP) is 3.40. The molecule has 0 aliphatic carbocycles. The number of imidazole rings is 1. The highest BCUT2D eigenvalue weighted by Crippen LogP contribution is 2.25. The molecular weight excluding hydrogens is 292 g/mol. The summed E-state index contributed by atoms with van der Waals surface area (Å²) in [5.74, 6) is 0.490. The first-order valence-electron chi connectivity index (χ1n) is 7.16. The molecule has 1 heterocycles. The number of anilines is 1. The molecule has 6 heteroatoms. The van der Waals surface area contributed by atoms with E-state index in [1.165, 1.54) is 6.20 Å². The zero-order valence-electron chi connectivity index (χ0n) is 12.6. The zero-order chi connectivity index (χ0) is 16.4.